The summed E-state index contributed by atoms with van der Waals surface area (Å²) in [6, 6.07) is 0.941. The summed E-state index contributed by atoms with van der Waals surface area (Å²) < 4.78 is 38.2. The Labute approximate surface area is 90.8 Å². The molecule has 2 nitrogen and oxygen atoms in total. The van der Waals surface area contributed by atoms with Crippen LogP contribution in [0.3, 0.4) is 0 Å². The third-order valence-corrected chi connectivity index (χ3v) is 1.96. The van der Waals surface area contributed by atoms with Crippen LogP contribution < -0.4 is 5.32 Å². The van der Waals surface area contributed by atoms with E-state index in [4.69, 9.17) is 0 Å². The molecule has 0 heterocycles. The number of carbonyl (C=O) groups is 1. The van der Waals surface area contributed by atoms with Crippen molar-refractivity contribution in [2.45, 2.75) is 13.0 Å². The molecule has 1 N–H and O–H groups in total. The van der Waals surface area contributed by atoms with Gasteiger partial charge in [0.05, 0.1) is 0 Å². The maximum absolute atomic E-state index is 12.8. The first kappa shape index (κ1) is 12.3. The average molecular weight is 229 g/mol. The van der Waals surface area contributed by atoms with Crippen LogP contribution in [0.5, 0.6) is 0 Å². The third kappa shape index (κ3) is 2.62. The van der Waals surface area contributed by atoms with Gasteiger partial charge in [-0.05, 0) is 19.1 Å². The van der Waals surface area contributed by atoms with E-state index in [0.717, 1.165) is 0 Å². The normalized spacial score (nSPS) is 12.0. The van der Waals surface area contributed by atoms with Gasteiger partial charge in [0.2, 0.25) is 0 Å². The van der Waals surface area contributed by atoms with Crippen molar-refractivity contribution in [3.8, 4) is 0 Å². The van der Waals surface area contributed by atoms with E-state index >= 15 is 0 Å². The minimum absolute atomic E-state index is 0.273. The summed E-state index contributed by atoms with van der Waals surface area (Å²) in [7, 11) is 0. The molecule has 0 fully saturated rings. The molecule has 0 aliphatic rings. The van der Waals surface area contributed by atoms with Gasteiger partial charge < -0.3 is 5.32 Å². The second-order valence-corrected chi connectivity index (χ2v) is 3.25. The van der Waals surface area contributed by atoms with Crippen molar-refractivity contribution in [1.29, 1.82) is 0 Å². The van der Waals surface area contributed by atoms with Crippen LogP contribution in [0.15, 0.2) is 24.8 Å². The van der Waals surface area contributed by atoms with Crippen molar-refractivity contribution in [1.82, 2.24) is 5.32 Å². The van der Waals surface area contributed by atoms with E-state index in [0.29, 0.717) is 12.1 Å². The molecule has 86 valence electrons. The summed E-state index contributed by atoms with van der Waals surface area (Å²) in [5.41, 5.74) is -0.273. The Balaban J connectivity index is 2.97. The summed E-state index contributed by atoms with van der Waals surface area (Å²) in [4.78, 5) is 11.4. The lowest BCUT2D eigenvalue weighted by Crippen LogP contribution is -2.31. The van der Waals surface area contributed by atoms with Crippen LogP contribution in [0.4, 0.5) is 13.2 Å². The van der Waals surface area contributed by atoms with E-state index in [2.05, 4.69) is 11.9 Å². The van der Waals surface area contributed by atoms with E-state index in [1.807, 2.05) is 0 Å². The SMILES string of the molecule is C=CC(C)NC(=O)c1cc(F)c(F)c(F)c1. The quantitative estimate of drug-likeness (QED) is 0.625. The number of amides is 1. The Hall–Kier alpha value is -1.78. The minimum Gasteiger partial charge on any atom is -0.346 e. The monoisotopic (exact) mass is 229 g/mol. The molecule has 16 heavy (non-hydrogen) atoms. The van der Waals surface area contributed by atoms with Gasteiger partial charge in [-0.3, -0.25) is 4.79 Å². The lowest BCUT2D eigenvalue weighted by atomic mass is 10.2. The van der Waals surface area contributed by atoms with E-state index in [-0.39, 0.29) is 11.6 Å². The molecule has 0 aliphatic carbocycles. The van der Waals surface area contributed by atoms with Crippen LogP contribution in [0.1, 0.15) is 17.3 Å². The van der Waals surface area contributed by atoms with E-state index in [1.165, 1.54) is 6.08 Å². The van der Waals surface area contributed by atoms with Gasteiger partial charge in [-0.1, -0.05) is 6.08 Å². The van der Waals surface area contributed by atoms with Crippen molar-refractivity contribution >= 4 is 5.91 Å². The Morgan fingerprint density at radius 3 is 2.31 bits per heavy atom. The molecular weight excluding hydrogens is 219 g/mol. The molecule has 1 unspecified atom stereocenters. The molecule has 1 aromatic carbocycles. The molecule has 0 aromatic heterocycles. The molecule has 0 spiro atoms. The molecule has 1 rings (SSSR count). The fourth-order valence-electron chi connectivity index (χ4n) is 1.04. The van der Waals surface area contributed by atoms with Crippen LogP contribution >= 0.6 is 0 Å². The van der Waals surface area contributed by atoms with Gasteiger partial charge in [0.25, 0.3) is 5.91 Å². The lowest BCUT2D eigenvalue weighted by molar-refractivity contribution is 0.0946. The smallest absolute Gasteiger partial charge is 0.251 e. The van der Waals surface area contributed by atoms with Crippen LogP contribution in [0.2, 0.25) is 0 Å². The first-order valence-electron chi connectivity index (χ1n) is 4.53. The van der Waals surface area contributed by atoms with Crippen molar-refractivity contribution < 1.29 is 18.0 Å². The second kappa shape index (κ2) is 4.83. The fourth-order valence-corrected chi connectivity index (χ4v) is 1.04. The maximum atomic E-state index is 12.8. The van der Waals surface area contributed by atoms with Crippen molar-refractivity contribution in [2.75, 3.05) is 0 Å². The summed E-state index contributed by atoms with van der Waals surface area (Å²) in [5, 5.41) is 2.41. The Morgan fingerprint density at radius 1 is 1.38 bits per heavy atom. The standard InChI is InChI=1S/C11H10F3NO/c1-3-6(2)15-11(16)7-4-8(12)10(14)9(13)5-7/h3-6H,1H2,2H3,(H,15,16). The number of halogens is 3. The van der Waals surface area contributed by atoms with Crippen molar-refractivity contribution in [3.63, 3.8) is 0 Å². The largest absolute Gasteiger partial charge is 0.346 e. The van der Waals surface area contributed by atoms with Crippen LogP contribution in [-0.4, -0.2) is 11.9 Å². The van der Waals surface area contributed by atoms with Gasteiger partial charge in [-0.15, -0.1) is 6.58 Å². The molecule has 0 bridgehead atoms. The molecule has 0 saturated heterocycles. The predicted octanol–water partition coefficient (Wildman–Crippen LogP) is 2.41. The van der Waals surface area contributed by atoms with Gasteiger partial charge in [0, 0.05) is 11.6 Å². The molecule has 0 aliphatic heterocycles. The molecule has 1 aromatic rings. The van der Waals surface area contributed by atoms with Gasteiger partial charge in [-0.25, -0.2) is 13.2 Å². The highest BCUT2D eigenvalue weighted by Crippen LogP contribution is 2.13. The highest BCUT2D eigenvalue weighted by atomic mass is 19.2. The van der Waals surface area contributed by atoms with Crippen molar-refractivity contribution in [3.05, 3.63) is 47.8 Å². The van der Waals surface area contributed by atoms with Gasteiger partial charge in [-0.2, -0.15) is 0 Å². The Morgan fingerprint density at radius 2 is 1.88 bits per heavy atom. The zero-order chi connectivity index (χ0) is 12.3. The molecule has 0 saturated carbocycles. The second-order valence-electron chi connectivity index (χ2n) is 3.25. The first-order valence-corrected chi connectivity index (χ1v) is 4.53. The number of hydrogen-bond acceptors (Lipinski definition) is 1. The highest BCUT2D eigenvalue weighted by Gasteiger charge is 2.15. The highest BCUT2D eigenvalue weighted by molar-refractivity contribution is 5.94. The van der Waals surface area contributed by atoms with Gasteiger partial charge in [0.15, 0.2) is 17.5 Å². The number of carbonyl (C=O) groups excluding carboxylic acids is 1. The summed E-state index contributed by atoms with van der Waals surface area (Å²) in [6.07, 6.45) is 1.45. The summed E-state index contributed by atoms with van der Waals surface area (Å²) in [6.45, 7) is 5.07. The maximum Gasteiger partial charge on any atom is 0.251 e. The van der Waals surface area contributed by atoms with Crippen molar-refractivity contribution in [2.24, 2.45) is 0 Å². The number of hydrogen-bond donors (Lipinski definition) is 1. The topological polar surface area (TPSA) is 29.1 Å². The summed E-state index contributed by atoms with van der Waals surface area (Å²) >= 11 is 0. The minimum atomic E-state index is -1.59. The number of benzene rings is 1. The van der Waals surface area contributed by atoms with E-state index < -0.39 is 23.4 Å². The van der Waals surface area contributed by atoms with Gasteiger partial charge in [0.1, 0.15) is 0 Å². The van der Waals surface area contributed by atoms with E-state index in [1.54, 1.807) is 6.92 Å². The zero-order valence-corrected chi connectivity index (χ0v) is 8.56. The summed E-state index contributed by atoms with van der Waals surface area (Å²) in [5.74, 6) is -5.06. The number of nitrogens with one attached hydrogen (secondary N) is 1. The fraction of sp³-hybridized carbons (Fsp3) is 0.182. The molecule has 1 atom stereocenters. The molecular formula is C11H10F3NO. The number of rotatable bonds is 3. The Bertz CT molecular complexity index is 408. The Kier molecular flexibility index (Phi) is 3.71. The average Bonchev–Trinajstić information content (AvgIpc) is 2.24. The van der Waals surface area contributed by atoms with E-state index in [9.17, 15) is 18.0 Å². The van der Waals surface area contributed by atoms with Crippen LogP contribution in [0, 0.1) is 17.5 Å². The lowest BCUT2D eigenvalue weighted by Gasteiger charge is -2.09. The first-order chi connectivity index (χ1) is 7.45. The van der Waals surface area contributed by atoms with Gasteiger partial charge >= 0.3 is 0 Å². The molecule has 5 heteroatoms. The third-order valence-electron chi connectivity index (χ3n) is 1.96. The van der Waals surface area contributed by atoms with Crippen LogP contribution in [0.25, 0.3) is 0 Å². The zero-order valence-electron chi connectivity index (χ0n) is 8.56. The molecule has 0 radical (unpaired) electrons. The molecule has 1 amide bonds. The predicted molar refractivity (Wildman–Crippen MR) is 53.4 cm³/mol. The van der Waals surface area contributed by atoms with Crippen LogP contribution in [-0.2, 0) is 0 Å².